The first-order valence-corrected chi connectivity index (χ1v) is 10.9. The predicted molar refractivity (Wildman–Crippen MR) is 105 cm³/mol. The van der Waals surface area contributed by atoms with E-state index in [9.17, 15) is 27.2 Å². The van der Waals surface area contributed by atoms with E-state index in [2.05, 4.69) is 0 Å². The van der Waals surface area contributed by atoms with Crippen molar-refractivity contribution in [2.45, 2.75) is 24.9 Å². The van der Waals surface area contributed by atoms with Gasteiger partial charge in [-0.25, -0.2) is 9.18 Å². The quantitative estimate of drug-likeness (QED) is 0.523. The van der Waals surface area contributed by atoms with Crippen LogP contribution in [0, 0.1) is 11.7 Å². The maximum Gasteiger partial charge on any atom is 0.393 e. The molecule has 2 atom stereocenters. The van der Waals surface area contributed by atoms with Crippen molar-refractivity contribution in [2.75, 3.05) is 44.8 Å². The fourth-order valence-corrected chi connectivity index (χ4v) is 4.87. The van der Waals surface area contributed by atoms with Crippen LogP contribution in [0.15, 0.2) is 18.2 Å². The zero-order valence-electron chi connectivity index (χ0n) is 16.6. The van der Waals surface area contributed by atoms with Crippen molar-refractivity contribution in [2.24, 2.45) is 5.92 Å². The summed E-state index contributed by atoms with van der Waals surface area (Å²) in [5, 5.41) is 0. The molecule has 2 unspecified atom stereocenters. The second kappa shape index (κ2) is 9.45. The topological polar surface area (TPSA) is 49.9 Å². The van der Waals surface area contributed by atoms with Gasteiger partial charge in [0.15, 0.2) is 0 Å². The number of hydrogen-bond donors (Lipinski definition) is 0. The van der Waals surface area contributed by atoms with E-state index in [0.29, 0.717) is 25.1 Å². The number of benzene rings is 1. The van der Waals surface area contributed by atoms with Crippen LogP contribution in [-0.4, -0.2) is 72.8 Å². The zero-order valence-corrected chi connectivity index (χ0v) is 17.4. The van der Waals surface area contributed by atoms with Gasteiger partial charge in [-0.15, -0.1) is 0 Å². The monoisotopic (exact) mass is 448 g/mol. The molecule has 2 heterocycles. The summed E-state index contributed by atoms with van der Waals surface area (Å²) in [7, 11) is 1.27. The van der Waals surface area contributed by atoms with Crippen LogP contribution >= 0.6 is 11.8 Å². The minimum Gasteiger partial charge on any atom is -0.469 e. The van der Waals surface area contributed by atoms with Crippen molar-refractivity contribution in [1.29, 1.82) is 0 Å². The maximum absolute atomic E-state index is 14.3. The summed E-state index contributed by atoms with van der Waals surface area (Å²) < 4.78 is 57.0. The SMILES string of the molecule is COC(=O)C1CC(c2ccc(CC(F)(F)F)c(F)c2)CN(C(=O)N2CCSCC2)C1. The molecule has 2 saturated heterocycles. The number of carbonyl (C=O) groups excluding carboxylic acids is 2. The number of likely N-dealkylation sites (tertiary alicyclic amines) is 1. The van der Waals surface area contributed by atoms with E-state index in [-0.39, 0.29) is 25.0 Å². The van der Waals surface area contributed by atoms with Crippen molar-refractivity contribution in [3.05, 3.63) is 35.1 Å². The highest BCUT2D eigenvalue weighted by atomic mass is 32.2. The number of carbonyl (C=O) groups is 2. The molecule has 10 heteroatoms. The van der Waals surface area contributed by atoms with Gasteiger partial charge in [-0.05, 0) is 23.6 Å². The Morgan fingerprint density at radius 1 is 1.17 bits per heavy atom. The molecule has 0 radical (unpaired) electrons. The average molecular weight is 448 g/mol. The maximum atomic E-state index is 14.3. The van der Waals surface area contributed by atoms with Crippen LogP contribution in [0.2, 0.25) is 0 Å². The van der Waals surface area contributed by atoms with E-state index in [1.54, 1.807) is 21.6 Å². The van der Waals surface area contributed by atoms with Crippen molar-refractivity contribution in [3.63, 3.8) is 0 Å². The number of ether oxygens (including phenoxy) is 1. The van der Waals surface area contributed by atoms with Gasteiger partial charge in [0.2, 0.25) is 0 Å². The molecule has 3 rings (SSSR count). The van der Waals surface area contributed by atoms with Gasteiger partial charge < -0.3 is 14.5 Å². The zero-order chi connectivity index (χ0) is 21.9. The van der Waals surface area contributed by atoms with E-state index < -0.39 is 35.9 Å². The van der Waals surface area contributed by atoms with Crippen LogP contribution in [-0.2, 0) is 16.0 Å². The number of alkyl halides is 3. The normalized spacial score (nSPS) is 22.7. The number of urea groups is 1. The second-order valence-corrected chi connectivity index (χ2v) is 8.81. The van der Waals surface area contributed by atoms with Gasteiger partial charge in [0.05, 0.1) is 19.4 Å². The molecule has 0 spiro atoms. The van der Waals surface area contributed by atoms with Crippen molar-refractivity contribution >= 4 is 23.8 Å². The number of rotatable bonds is 3. The van der Waals surface area contributed by atoms with E-state index in [0.717, 1.165) is 23.6 Å². The van der Waals surface area contributed by atoms with Gasteiger partial charge in [0, 0.05) is 43.6 Å². The minimum absolute atomic E-state index is 0.178. The van der Waals surface area contributed by atoms with Gasteiger partial charge >= 0.3 is 18.2 Å². The molecule has 2 amide bonds. The third-order valence-electron chi connectivity index (χ3n) is 5.48. The van der Waals surface area contributed by atoms with Crippen LogP contribution in [0.4, 0.5) is 22.4 Å². The van der Waals surface area contributed by atoms with Crippen LogP contribution in [0.25, 0.3) is 0 Å². The molecule has 166 valence electrons. The summed E-state index contributed by atoms with van der Waals surface area (Å²) in [6.07, 6.45) is -5.50. The smallest absolute Gasteiger partial charge is 0.393 e. The molecule has 2 aliphatic heterocycles. The first kappa shape index (κ1) is 22.7. The number of nitrogens with zero attached hydrogens (tertiary/aromatic N) is 2. The Morgan fingerprint density at radius 3 is 2.47 bits per heavy atom. The van der Waals surface area contributed by atoms with Crippen LogP contribution in [0.1, 0.15) is 23.5 Å². The van der Waals surface area contributed by atoms with Crippen LogP contribution in [0.3, 0.4) is 0 Å². The summed E-state index contributed by atoms with van der Waals surface area (Å²) in [5.41, 5.74) is 0.0457. The molecule has 1 aromatic carbocycles. The number of thioether (sulfide) groups is 1. The Morgan fingerprint density at radius 2 is 1.87 bits per heavy atom. The van der Waals surface area contributed by atoms with Crippen LogP contribution < -0.4 is 0 Å². The highest BCUT2D eigenvalue weighted by Crippen LogP contribution is 2.33. The number of esters is 1. The minimum atomic E-state index is -4.50. The summed E-state index contributed by atoms with van der Waals surface area (Å²) >= 11 is 1.77. The molecule has 30 heavy (non-hydrogen) atoms. The molecule has 5 nitrogen and oxygen atoms in total. The Kier molecular flexibility index (Phi) is 7.15. The predicted octanol–water partition coefficient (Wildman–Crippen LogP) is 3.68. The Hall–Kier alpha value is -1.97. The molecule has 0 saturated carbocycles. The Labute approximate surface area is 176 Å². The second-order valence-electron chi connectivity index (χ2n) is 7.58. The standard InChI is InChI=1S/C20H24F4N2O3S/c1-29-18(27)16-8-15(11-26(12-16)19(28)25-4-6-30-7-5-25)13-2-3-14(17(21)9-13)10-20(22,23)24/h2-3,9,15-16H,4-8,10-12H2,1H3. The molecule has 0 bridgehead atoms. The lowest BCUT2D eigenvalue weighted by Crippen LogP contribution is -2.52. The van der Waals surface area contributed by atoms with Crippen molar-refractivity contribution < 1.29 is 31.9 Å². The molecular formula is C20H24F4N2O3S. The lowest BCUT2D eigenvalue weighted by molar-refractivity contribution is -0.147. The van der Waals surface area contributed by atoms with Gasteiger partial charge in [-0.1, -0.05) is 12.1 Å². The van der Waals surface area contributed by atoms with Gasteiger partial charge in [0.1, 0.15) is 5.82 Å². The fourth-order valence-electron chi connectivity index (χ4n) is 3.97. The van der Waals surface area contributed by atoms with Crippen LogP contribution in [0.5, 0.6) is 0 Å². The van der Waals surface area contributed by atoms with Crippen molar-refractivity contribution in [1.82, 2.24) is 9.80 Å². The van der Waals surface area contributed by atoms with Crippen molar-refractivity contribution in [3.8, 4) is 0 Å². The summed E-state index contributed by atoms with van der Waals surface area (Å²) in [6, 6.07) is 3.50. The molecule has 0 N–H and O–H groups in total. The molecule has 0 aromatic heterocycles. The van der Waals surface area contributed by atoms with E-state index in [4.69, 9.17) is 4.74 Å². The van der Waals surface area contributed by atoms with Gasteiger partial charge in [-0.2, -0.15) is 24.9 Å². The lowest BCUT2D eigenvalue weighted by Gasteiger charge is -2.40. The number of piperidine rings is 1. The number of hydrogen-bond acceptors (Lipinski definition) is 4. The third kappa shape index (κ3) is 5.59. The molecule has 1 aromatic rings. The first-order chi connectivity index (χ1) is 14.2. The molecule has 2 fully saturated rings. The highest BCUT2D eigenvalue weighted by molar-refractivity contribution is 7.99. The highest BCUT2D eigenvalue weighted by Gasteiger charge is 2.37. The summed E-state index contributed by atoms with van der Waals surface area (Å²) in [4.78, 5) is 28.5. The molecule has 2 aliphatic rings. The summed E-state index contributed by atoms with van der Waals surface area (Å²) in [6.45, 7) is 1.72. The Balaban J connectivity index is 1.81. The van der Waals surface area contributed by atoms with Gasteiger partial charge in [0.25, 0.3) is 0 Å². The fraction of sp³-hybridized carbons (Fsp3) is 0.600. The summed E-state index contributed by atoms with van der Waals surface area (Å²) in [5.74, 6) is -0.656. The molecule has 0 aliphatic carbocycles. The van der Waals surface area contributed by atoms with E-state index in [1.807, 2.05) is 0 Å². The van der Waals surface area contributed by atoms with E-state index in [1.165, 1.54) is 13.2 Å². The Bertz CT molecular complexity index is 784. The average Bonchev–Trinajstić information content (AvgIpc) is 2.73. The number of amides is 2. The largest absolute Gasteiger partial charge is 0.469 e. The first-order valence-electron chi connectivity index (χ1n) is 9.72. The van der Waals surface area contributed by atoms with E-state index >= 15 is 0 Å². The third-order valence-corrected chi connectivity index (χ3v) is 6.42. The lowest BCUT2D eigenvalue weighted by atomic mass is 9.84. The van der Waals surface area contributed by atoms with Gasteiger partial charge in [-0.3, -0.25) is 4.79 Å². The molecular weight excluding hydrogens is 424 g/mol. The number of methoxy groups -OCH3 is 1. The number of halogens is 4.